The molecule has 5 heavy (non-hydrogen) atoms. The van der Waals surface area contributed by atoms with Crippen molar-refractivity contribution in [3.63, 3.8) is 0 Å². The first-order chi connectivity index (χ1) is 0. The van der Waals surface area contributed by atoms with Gasteiger partial charge in [-0.25, -0.2) is 0 Å². The zero-order chi connectivity index (χ0) is 0. The summed E-state index contributed by atoms with van der Waals surface area (Å²) in [5, 5.41) is 0. The Morgan fingerprint density at radius 2 is 0.400 bits per heavy atom. The molecule has 0 amide bonds. The second kappa shape index (κ2) is 24.0. The fraction of sp³-hybridized carbons (Fsp3) is 0. The van der Waals surface area contributed by atoms with Gasteiger partial charge in [0.05, 0.1) is 0 Å². The quantitative estimate of drug-likeness (QED) is 0.433. The van der Waals surface area contributed by atoms with Crippen LogP contribution in [-0.2, 0) is 39.0 Å². The molecule has 0 aliphatic heterocycles. The van der Waals surface area contributed by atoms with Crippen LogP contribution >= 0.6 is 0 Å². The average molecular weight is 200 g/mol. The van der Waals surface area contributed by atoms with Crippen LogP contribution in [0, 0.1) is 0 Å². The molecule has 0 nitrogen and oxygen atoms in total. The van der Waals surface area contributed by atoms with E-state index < -0.39 is 0 Å². The maximum atomic E-state index is 0. The Hall–Kier alpha value is 4.25. The van der Waals surface area contributed by atoms with Crippen LogP contribution in [0.15, 0.2) is 0 Å². The summed E-state index contributed by atoms with van der Waals surface area (Å²) in [7, 11) is 0. The van der Waals surface area contributed by atoms with Gasteiger partial charge in [0.15, 0.2) is 0 Å². The molecule has 0 saturated carbocycles. The van der Waals surface area contributed by atoms with Crippen molar-refractivity contribution in [2.24, 2.45) is 0 Å². The van der Waals surface area contributed by atoms with E-state index in [1.54, 1.807) is 0 Å². The van der Waals surface area contributed by atoms with Crippen molar-refractivity contribution < 1.29 is 39.0 Å². The van der Waals surface area contributed by atoms with Crippen LogP contribution < -0.4 is 0 Å². The summed E-state index contributed by atoms with van der Waals surface area (Å²) in [5.74, 6) is 0. The van der Waals surface area contributed by atoms with Crippen LogP contribution in [0.25, 0.3) is 0 Å². The first kappa shape index (κ1) is 34.9. The maximum Gasteiger partial charge on any atom is 0 e. The molecule has 0 spiro atoms. The summed E-state index contributed by atoms with van der Waals surface area (Å²) in [4.78, 5) is 0. The van der Waals surface area contributed by atoms with Gasteiger partial charge in [-0.15, -0.1) is 0 Å². The van der Waals surface area contributed by atoms with E-state index in [9.17, 15) is 0 Å². The normalized spacial score (nSPS) is 0. The zero-order valence-electron chi connectivity index (χ0n) is 4.41. The fourth-order valence-electron chi connectivity index (χ4n) is 0. The van der Waals surface area contributed by atoms with E-state index in [1.165, 1.54) is 0 Å². The molecule has 7 valence electrons. The van der Waals surface area contributed by atoms with Gasteiger partial charge < -0.3 is 0 Å². The van der Waals surface area contributed by atoms with Crippen molar-refractivity contribution in [2.75, 3.05) is 0 Å². The molecular weight excluding hydrogens is 200 g/mol. The molecule has 0 unspecified atom stereocenters. The Balaban J connectivity index is 0. The van der Waals surface area contributed by atoms with Crippen LogP contribution in [0.5, 0.6) is 0 Å². The monoisotopic (exact) mass is 197 g/mol. The smallest absolute Gasteiger partial charge is 0 e. The molecule has 0 aromatic heterocycles. The molecule has 3 radical (unpaired) electrons. The number of rotatable bonds is 0. The van der Waals surface area contributed by atoms with Gasteiger partial charge in [0.1, 0.15) is 0 Å². The molecule has 0 aliphatic carbocycles. The summed E-state index contributed by atoms with van der Waals surface area (Å²) in [6.07, 6.45) is 0. The van der Waals surface area contributed by atoms with Gasteiger partial charge >= 0.3 is 0 Å². The molecule has 0 atom stereocenters. The number of hydrogen-bond donors (Lipinski definition) is 0. The minimum absolute atomic E-state index is 0. The summed E-state index contributed by atoms with van der Waals surface area (Å²) < 4.78 is 0. The van der Waals surface area contributed by atoms with Crippen molar-refractivity contribution in [2.45, 2.75) is 0 Å². The minimum atomic E-state index is 0. The van der Waals surface area contributed by atoms with E-state index >= 15 is 0 Å². The van der Waals surface area contributed by atoms with Crippen LogP contribution in [0.4, 0.5) is 0 Å². The second-order valence-corrected chi connectivity index (χ2v) is 0. The molecule has 0 bridgehead atoms. The predicted molar refractivity (Wildman–Crippen MR) is 17.3 cm³/mol. The maximum absolute atomic E-state index is 0. The van der Waals surface area contributed by atoms with Crippen molar-refractivity contribution in [1.29, 1.82) is 0 Å². The van der Waals surface area contributed by atoms with E-state index in [-0.39, 0.29) is 128 Å². The van der Waals surface area contributed by atoms with Gasteiger partial charge in [-0.2, -0.15) is 0 Å². The molecule has 0 aliphatic rings. The van der Waals surface area contributed by atoms with Gasteiger partial charge in [-0.05, 0) is 0 Å². The standard InChI is InChI=1S/3Na.2Zn. The second-order valence-electron chi connectivity index (χ2n) is 0. The van der Waals surface area contributed by atoms with Crippen molar-refractivity contribution in [3.8, 4) is 0 Å². The molecule has 0 rings (SSSR count). The third kappa shape index (κ3) is 17.8. The SMILES string of the molecule is [Na].[Na].[Na].[Zn].[Zn]. The first-order valence-corrected chi connectivity index (χ1v) is 0. The Morgan fingerprint density at radius 1 is 0.400 bits per heavy atom. The average Bonchev–Trinajstić information content (AvgIpc) is 0. The summed E-state index contributed by atoms with van der Waals surface area (Å²) in [6.45, 7) is 0. The molecule has 0 fully saturated rings. The summed E-state index contributed by atoms with van der Waals surface area (Å²) in [6, 6.07) is 0. The van der Waals surface area contributed by atoms with Crippen molar-refractivity contribution in [3.05, 3.63) is 0 Å². The van der Waals surface area contributed by atoms with E-state index in [0.29, 0.717) is 0 Å². The van der Waals surface area contributed by atoms with Crippen LogP contribution in [0.1, 0.15) is 0 Å². The van der Waals surface area contributed by atoms with Gasteiger partial charge in [-0.3, -0.25) is 0 Å². The molecule has 0 N–H and O–H groups in total. The molecule has 0 saturated heterocycles. The Kier molecular flexibility index (Phi) is 167. The van der Waals surface area contributed by atoms with E-state index in [0.717, 1.165) is 0 Å². The third-order valence-electron chi connectivity index (χ3n) is 0. The Labute approximate surface area is 124 Å². The first-order valence-electron chi connectivity index (χ1n) is 0. The zero-order valence-corrected chi connectivity index (χ0v) is 16.3. The summed E-state index contributed by atoms with van der Waals surface area (Å²) >= 11 is 0. The fourth-order valence-corrected chi connectivity index (χ4v) is 0. The van der Waals surface area contributed by atoms with Gasteiger partial charge in [0.25, 0.3) is 0 Å². The molecular formula is Na3Zn2. The number of hydrogen-bond acceptors (Lipinski definition) is 0. The molecule has 0 aromatic carbocycles. The third-order valence-corrected chi connectivity index (χ3v) is 0. The minimum Gasteiger partial charge on any atom is 0 e. The Bertz CT molecular complexity index is 4.85. The van der Waals surface area contributed by atoms with Gasteiger partial charge in [-0.1, -0.05) is 0 Å². The topological polar surface area (TPSA) is 0 Å². The Morgan fingerprint density at radius 3 is 0.400 bits per heavy atom. The largest absolute Gasteiger partial charge is 0 e. The summed E-state index contributed by atoms with van der Waals surface area (Å²) in [5.41, 5.74) is 0. The van der Waals surface area contributed by atoms with Crippen LogP contribution in [-0.4, -0.2) is 88.7 Å². The van der Waals surface area contributed by atoms with Gasteiger partial charge in [0, 0.05) is 128 Å². The van der Waals surface area contributed by atoms with E-state index in [1.807, 2.05) is 0 Å². The van der Waals surface area contributed by atoms with E-state index in [4.69, 9.17) is 0 Å². The van der Waals surface area contributed by atoms with Crippen molar-refractivity contribution >= 4 is 88.7 Å². The molecule has 0 aromatic rings. The van der Waals surface area contributed by atoms with Crippen LogP contribution in [0.2, 0.25) is 0 Å². The van der Waals surface area contributed by atoms with E-state index in [2.05, 4.69) is 0 Å². The predicted octanol–water partition coefficient (Wildman–Crippen LogP) is -1.15. The molecule has 0 heterocycles. The van der Waals surface area contributed by atoms with Gasteiger partial charge in [0.2, 0.25) is 0 Å². The van der Waals surface area contributed by atoms with Crippen molar-refractivity contribution in [1.82, 2.24) is 0 Å². The molecule has 5 heteroatoms. The van der Waals surface area contributed by atoms with Crippen LogP contribution in [0.3, 0.4) is 0 Å².